The molecule has 1 aliphatic carbocycles. The topological polar surface area (TPSA) is 62.3 Å². The van der Waals surface area contributed by atoms with Gasteiger partial charge in [0.2, 0.25) is 5.91 Å². The Balaban J connectivity index is 1.42. The molecular weight excluding hydrogens is 526 g/mol. The molecule has 7 nitrogen and oxygen atoms in total. The minimum atomic E-state index is -0.134. The molecule has 1 aliphatic heterocycles. The molecule has 1 heterocycles. The van der Waals surface area contributed by atoms with Crippen LogP contribution in [0.15, 0.2) is 72.8 Å². The third-order valence-electron chi connectivity index (χ3n) is 7.46. The standard InChI is InChI=1S/C32H36ClN3O4/c1-39-29-10-5-6-11-30(29)40-23-31(37)35-19-18-34(21-24-8-3-2-4-9-24)16-7-17-36(32(38)25-12-13-25)28-20-27(33)15-14-26(28)22-35/h2-6,8-11,14-15,20,25H,7,12-13,16-19,21-23H2,1H3. The van der Waals surface area contributed by atoms with Gasteiger partial charge >= 0.3 is 0 Å². The lowest BCUT2D eigenvalue weighted by molar-refractivity contribution is -0.134. The van der Waals surface area contributed by atoms with Crippen LogP contribution in [-0.2, 0) is 22.7 Å². The van der Waals surface area contributed by atoms with Crippen LogP contribution in [0.2, 0.25) is 5.02 Å². The predicted octanol–water partition coefficient (Wildman–Crippen LogP) is 5.41. The summed E-state index contributed by atoms with van der Waals surface area (Å²) >= 11 is 6.44. The van der Waals surface area contributed by atoms with Gasteiger partial charge in [-0.2, -0.15) is 0 Å². The van der Waals surface area contributed by atoms with Crippen molar-refractivity contribution in [1.82, 2.24) is 9.80 Å². The Bertz CT molecular complexity index is 1310. The van der Waals surface area contributed by atoms with E-state index in [-0.39, 0.29) is 24.3 Å². The summed E-state index contributed by atoms with van der Waals surface area (Å²) in [6.07, 6.45) is 2.68. The van der Waals surface area contributed by atoms with Crippen molar-refractivity contribution >= 4 is 29.1 Å². The van der Waals surface area contributed by atoms with Crippen molar-refractivity contribution < 1.29 is 19.1 Å². The molecule has 8 heteroatoms. The highest BCUT2D eigenvalue weighted by Crippen LogP contribution is 2.35. The van der Waals surface area contributed by atoms with E-state index in [0.717, 1.165) is 43.6 Å². The highest BCUT2D eigenvalue weighted by Gasteiger charge is 2.35. The zero-order valence-corrected chi connectivity index (χ0v) is 23.7. The molecule has 0 aromatic heterocycles. The largest absolute Gasteiger partial charge is 0.493 e. The molecule has 0 N–H and O–H groups in total. The summed E-state index contributed by atoms with van der Waals surface area (Å²) < 4.78 is 11.3. The fourth-order valence-corrected chi connectivity index (χ4v) is 5.28. The third kappa shape index (κ3) is 7.14. The average molecular weight is 562 g/mol. The molecule has 210 valence electrons. The van der Waals surface area contributed by atoms with Crippen molar-refractivity contribution in [3.8, 4) is 11.5 Å². The highest BCUT2D eigenvalue weighted by atomic mass is 35.5. The maximum atomic E-state index is 13.6. The van der Waals surface area contributed by atoms with Crippen molar-refractivity contribution in [3.63, 3.8) is 0 Å². The molecule has 1 saturated carbocycles. The van der Waals surface area contributed by atoms with E-state index >= 15 is 0 Å². The lowest BCUT2D eigenvalue weighted by Crippen LogP contribution is -2.40. The van der Waals surface area contributed by atoms with Gasteiger partial charge in [-0.25, -0.2) is 0 Å². The Hall–Kier alpha value is -3.55. The van der Waals surface area contributed by atoms with Crippen molar-refractivity contribution in [2.24, 2.45) is 5.92 Å². The minimum absolute atomic E-state index is 0.0735. The van der Waals surface area contributed by atoms with Gasteiger partial charge < -0.3 is 19.3 Å². The second-order valence-electron chi connectivity index (χ2n) is 10.4. The van der Waals surface area contributed by atoms with Gasteiger partial charge in [0, 0.05) is 50.2 Å². The Morgan fingerprint density at radius 3 is 2.40 bits per heavy atom. The summed E-state index contributed by atoms with van der Waals surface area (Å²) in [4.78, 5) is 33.2. The van der Waals surface area contributed by atoms with E-state index in [0.29, 0.717) is 42.7 Å². The number of ether oxygens (including phenoxy) is 2. The van der Waals surface area contributed by atoms with Crippen LogP contribution in [0.5, 0.6) is 11.5 Å². The first-order valence-corrected chi connectivity index (χ1v) is 14.3. The summed E-state index contributed by atoms with van der Waals surface area (Å²) in [7, 11) is 1.58. The third-order valence-corrected chi connectivity index (χ3v) is 7.69. The molecule has 2 aliphatic rings. The van der Waals surface area contributed by atoms with Crippen molar-refractivity contribution in [3.05, 3.63) is 88.9 Å². The summed E-state index contributed by atoms with van der Waals surface area (Å²) in [5.74, 6) is 1.19. The molecule has 5 rings (SSSR count). The number of halogens is 1. The molecular formula is C32H36ClN3O4. The summed E-state index contributed by atoms with van der Waals surface area (Å²) in [5.41, 5.74) is 2.92. The molecule has 0 spiro atoms. The number of benzene rings is 3. The number of para-hydroxylation sites is 2. The number of carbonyl (C=O) groups excluding carboxylic acids is 2. The fraction of sp³-hybridized carbons (Fsp3) is 0.375. The second kappa shape index (κ2) is 13.2. The number of methoxy groups -OCH3 is 1. The van der Waals surface area contributed by atoms with Gasteiger partial charge in [0.15, 0.2) is 18.1 Å². The molecule has 1 fully saturated rings. The van der Waals surface area contributed by atoms with Crippen molar-refractivity contribution in [2.45, 2.75) is 32.4 Å². The van der Waals surface area contributed by atoms with E-state index in [1.807, 2.05) is 58.3 Å². The molecule has 3 aromatic rings. The van der Waals surface area contributed by atoms with Gasteiger partial charge in [0.25, 0.3) is 5.91 Å². The number of nitrogens with zero attached hydrogens (tertiary/aromatic N) is 3. The van der Waals surface area contributed by atoms with E-state index in [9.17, 15) is 9.59 Å². The molecule has 40 heavy (non-hydrogen) atoms. The quantitative estimate of drug-likeness (QED) is 0.386. The van der Waals surface area contributed by atoms with E-state index in [4.69, 9.17) is 21.1 Å². The Labute approximate surface area is 241 Å². The molecule has 0 saturated heterocycles. The molecule has 3 aromatic carbocycles. The van der Waals surface area contributed by atoms with Crippen molar-refractivity contribution in [1.29, 1.82) is 0 Å². The van der Waals surface area contributed by atoms with Gasteiger partial charge in [-0.1, -0.05) is 60.1 Å². The molecule has 0 radical (unpaired) electrons. The van der Waals surface area contributed by atoms with Crippen LogP contribution in [0.3, 0.4) is 0 Å². The number of hydrogen-bond donors (Lipinski definition) is 0. The fourth-order valence-electron chi connectivity index (χ4n) is 5.11. The maximum Gasteiger partial charge on any atom is 0.260 e. The highest BCUT2D eigenvalue weighted by molar-refractivity contribution is 6.31. The van der Waals surface area contributed by atoms with Crippen LogP contribution in [0.1, 0.15) is 30.4 Å². The maximum absolute atomic E-state index is 13.6. The van der Waals surface area contributed by atoms with Crippen LogP contribution in [0.4, 0.5) is 5.69 Å². The lowest BCUT2D eigenvalue weighted by Gasteiger charge is -2.28. The number of fused-ring (bicyclic) bond motifs is 1. The smallest absolute Gasteiger partial charge is 0.260 e. The number of anilines is 1. The monoisotopic (exact) mass is 561 g/mol. The van der Waals surface area contributed by atoms with Crippen LogP contribution in [-0.4, -0.2) is 61.5 Å². The Kier molecular flexibility index (Phi) is 9.24. The van der Waals surface area contributed by atoms with E-state index in [1.54, 1.807) is 19.2 Å². The molecule has 0 atom stereocenters. The second-order valence-corrected chi connectivity index (χ2v) is 10.8. The van der Waals surface area contributed by atoms with Gasteiger partial charge in [-0.3, -0.25) is 14.5 Å². The SMILES string of the molecule is COc1ccccc1OCC(=O)N1CCN(Cc2ccccc2)CCCN(C(=O)C2CC2)c2cc(Cl)ccc2C1. The normalized spacial score (nSPS) is 16.6. The van der Waals surface area contributed by atoms with E-state index in [2.05, 4.69) is 17.0 Å². The summed E-state index contributed by atoms with van der Waals surface area (Å²) in [5, 5.41) is 0.574. The van der Waals surface area contributed by atoms with E-state index in [1.165, 1.54) is 5.56 Å². The van der Waals surface area contributed by atoms with Crippen LogP contribution < -0.4 is 14.4 Å². The minimum Gasteiger partial charge on any atom is -0.493 e. The van der Waals surface area contributed by atoms with Crippen LogP contribution >= 0.6 is 11.6 Å². The number of rotatable bonds is 7. The zero-order valence-electron chi connectivity index (χ0n) is 22.9. The molecule has 0 bridgehead atoms. The van der Waals surface area contributed by atoms with Gasteiger partial charge in [0.05, 0.1) is 12.8 Å². The Morgan fingerprint density at radius 2 is 1.65 bits per heavy atom. The first kappa shape index (κ1) is 28.0. The van der Waals surface area contributed by atoms with Crippen LogP contribution in [0, 0.1) is 5.92 Å². The average Bonchev–Trinajstić information content (AvgIpc) is 3.82. The Morgan fingerprint density at radius 1 is 0.900 bits per heavy atom. The number of hydrogen-bond acceptors (Lipinski definition) is 5. The van der Waals surface area contributed by atoms with Gasteiger partial charge in [0.1, 0.15) is 0 Å². The first-order chi connectivity index (χ1) is 19.5. The predicted molar refractivity (Wildman–Crippen MR) is 157 cm³/mol. The van der Waals surface area contributed by atoms with Crippen LogP contribution in [0.25, 0.3) is 0 Å². The number of amides is 2. The zero-order chi connectivity index (χ0) is 27.9. The number of carbonyl (C=O) groups is 2. The summed E-state index contributed by atoms with van der Waals surface area (Å²) in [6.45, 7) is 3.66. The van der Waals surface area contributed by atoms with Gasteiger partial charge in [-0.15, -0.1) is 0 Å². The summed E-state index contributed by atoms with van der Waals surface area (Å²) in [6, 6.07) is 23.3. The molecule has 2 amide bonds. The van der Waals surface area contributed by atoms with Crippen molar-refractivity contribution in [2.75, 3.05) is 44.8 Å². The lowest BCUT2D eigenvalue weighted by atomic mass is 10.1. The first-order valence-electron chi connectivity index (χ1n) is 13.9. The van der Waals surface area contributed by atoms with E-state index < -0.39 is 0 Å². The van der Waals surface area contributed by atoms with Gasteiger partial charge in [-0.05, 0) is 54.7 Å². The molecule has 0 unspecified atom stereocenters.